The van der Waals surface area contributed by atoms with E-state index in [1.54, 1.807) is 13.2 Å². The summed E-state index contributed by atoms with van der Waals surface area (Å²) in [5.41, 5.74) is 0. The van der Waals surface area contributed by atoms with E-state index < -0.39 is 0 Å². The van der Waals surface area contributed by atoms with Crippen LogP contribution < -0.4 is 10.1 Å². The molecule has 0 saturated carbocycles. The molecule has 1 aromatic heterocycles. The van der Waals surface area contributed by atoms with Gasteiger partial charge >= 0.3 is 0 Å². The molecule has 1 atom stereocenters. The molecule has 0 radical (unpaired) electrons. The van der Waals surface area contributed by atoms with Gasteiger partial charge in [0.2, 0.25) is 0 Å². The molecule has 16 heavy (non-hydrogen) atoms. The number of thiophene rings is 1. The van der Waals surface area contributed by atoms with E-state index in [4.69, 9.17) is 16.3 Å². The minimum Gasteiger partial charge on any atom is -0.495 e. The average molecular weight is 262 g/mol. The molecule has 0 bridgehead atoms. The van der Waals surface area contributed by atoms with E-state index in [1.165, 1.54) is 11.3 Å². The molecule has 3 nitrogen and oxygen atoms in total. The number of nitrogens with one attached hydrogen (secondary N) is 1. The molecule has 1 amide bonds. The van der Waals surface area contributed by atoms with Crippen LogP contribution in [0.5, 0.6) is 5.75 Å². The summed E-state index contributed by atoms with van der Waals surface area (Å²) in [6.45, 7) is 2.56. The minimum atomic E-state index is -0.117. The van der Waals surface area contributed by atoms with Gasteiger partial charge in [-0.25, -0.2) is 0 Å². The molecule has 1 N–H and O–H groups in total. The van der Waals surface area contributed by atoms with Gasteiger partial charge < -0.3 is 10.1 Å². The zero-order valence-corrected chi connectivity index (χ0v) is 11.0. The highest BCUT2D eigenvalue weighted by molar-refractivity contribution is 7.12. The van der Waals surface area contributed by atoms with E-state index in [0.29, 0.717) is 17.2 Å². The molecule has 0 aliphatic heterocycles. The maximum Gasteiger partial charge on any atom is 0.265 e. The van der Waals surface area contributed by atoms with Gasteiger partial charge in [-0.2, -0.15) is 0 Å². The first kappa shape index (κ1) is 13.3. The summed E-state index contributed by atoms with van der Waals surface area (Å²) < 4.78 is 5.08. The molecule has 0 aliphatic rings. The van der Waals surface area contributed by atoms with Crippen LogP contribution in [0.15, 0.2) is 11.4 Å². The van der Waals surface area contributed by atoms with Crippen LogP contribution in [0.3, 0.4) is 0 Å². The average Bonchev–Trinajstić information content (AvgIpc) is 2.74. The van der Waals surface area contributed by atoms with Crippen LogP contribution in [0, 0.1) is 0 Å². The Bertz CT molecular complexity index is 340. The van der Waals surface area contributed by atoms with Gasteiger partial charge in [-0.3, -0.25) is 4.79 Å². The van der Waals surface area contributed by atoms with Crippen molar-refractivity contribution in [2.24, 2.45) is 0 Å². The fourth-order valence-electron chi connectivity index (χ4n) is 1.32. The lowest BCUT2D eigenvalue weighted by atomic mass is 10.2. The van der Waals surface area contributed by atoms with Crippen molar-refractivity contribution in [3.05, 3.63) is 16.3 Å². The maximum absolute atomic E-state index is 11.8. The number of hydrogen-bond donors (Lipinski definition) is 1. The summed E-state index contributed by atoms with van der Waals surface area (Å²) >= 11 is 7.38. The van der Waals surface area contributed by atoms with E-state index in [9.17, 15) is 4.79 Å². The maximum atomic E-state index is 11.8. The Morgan fingerprint density at radius 3 is 3.06 bits per heavy atom. The normalized spacial score (nSPS) is 12.2. The highest BCUT2D eigenvalue weighted by Gasteiger charge is 2.14. The lowest BCUT2D eigenvalue weighted by molar-refractivity contribution is 0.0954. The van der Waals surface area contributed by atoms with Crippen LogP contribution in [0.1, 0.15) is 29.4 Å². The van der Waals surface area contributed by atoms with Crippen molar-refractivity contribution in [1.82, 2.24) is 5.32 Å². The molecule has 0 saturated heterocycles. The second-order valence-corrected chi connectivity index (χ2v) is 4.95. The van der Waals surface area contributed by atoms with E-state index >= 15 is 0 Å². The lowest BCUT2D eigenvalue weighted by Crippen LogP contribution is -2.29. The first-order valence-corrected chi connectivity index (χ1v) is 6.54. The summed E-state index contributed by atoms with van der Waals surface area (Å²) in [6.07, 6.45) is 1.93. The van der Waals surface area contributed by atoms with Gasteiger partial charge in [-0.05, 0) is 17.9 Å². The fraction of sp³-hybridized carbons (Fsp3) is 0.545. The largest absolute Gasteiger partial charge is 0.495 e. The molecular weight excluding hydrogens is 246 g/mol. The summed E-state index contributed by atoms with van der Waals surface area (Å²) in [5, 5.41) is 4.64. The number of amides is 1. The van der Waals surface area contributed by atoms with E-state index in [1.807, 2.05) is 5.38 Å². The summed E-state index contributed by atoms with van der Waals surface area (Å²) in [7, 11) is 1.56. The lowest BCUT2D eigenvalue weighted by Gasteiger charge is -2.09. The summed E-state index contributed by atoms with van der Waals surface area (Å²) in [5.74, 6) is 0.498. The van der Waals surface area contributed by atoms with Gasteiger partial charge in [0.05, 0.1) is 12.5 Å². The van der Waals surface area contributed by atoms with Crippen LogP contribution in [0.25, 0.3) is 0 Å². The van der Waals surface area contributed by atoms with Gasteiger partial charge in [0.25, 0.3) is 5.91 Å². The summed E-state index contributed by atoms with van der Waals surface area (Å²) in [4.78, 5) is 12.4. The monoisotopic (exact) mass is 261 g/mol. The van der Waals surface area contributed by atoms with Crippen LogP contribution in [0.4, 0.5) is 0 Å². The number of methoxy groups -OCH3 is 1. The number of alkyl halides is 1. The molecule has 1 unspecified atom stereocenters. The summed E-state index contributed by atoms with van der Waals surface area (Å²) in [6, 6.07) is 1.78. The third kappa shape index (κ3) is 3.68. The second-order valence-electron chi connectivity index (χ2n) is 3.41. The number of halogens is 1. The Labute approximate surface area is 105 Å². The quantitative estimate of drug-likeness (QED) is 0.800. The number of carbonyl (C=O) groups is 1. The second kappa shape index (κ2) is 6.76. The van der Waals surface area contributed by atoms with Crippen molar-refractivity contribution in [2.45, 2.75) is 25.1 Å². The zero-order chi connectivity index (χ0) is 12.0. The molecule has 0 fully saturated rings. The van der Waals surface area contributed by atoms with Crippen molar-refractivity contribution < 1.29 is 9.53 Å². The Hall–Kier alpha value is -0.740. The van der Waals surface area contributed by atoms with Crippen molar-refractivity contribution in [2.75, 3.05) is 13.7 Å². The molecular formula is C11H16ClNO2S. The number of rotatable bonds is 6. The SMILES string of the molecule is CCCC(Cl)CNC(=O)c1sccc1OC. The highest BCUT2D eigenvalue weighted by Crippen LogP contribution is 2.24. The Kier molecular flexibility index (Phi) is 5.63. The topological polar surface area (TPSA) is 38.3 Å². The van der Waals surface area contributed by atoms with E-state index in [0.717, 1.165) is 12.8 Å². The van der Waals surface area contributed by atoms with Crippen molar-refractivity contribution >= 4 is 28.8 Å². The zero-order valence-electron chi connectivity index (χ0n) is 9.46. The molecule has 1 heterocycles. The predicted molar refractivity (Wildman–Crippen MR) is 67.8 cm³/mol. The fourth-order valence-corrected chi connectivity index (χ4v) is 2.39. The van der Waals surface area contributed by atoms with Crippen molar-refractivity contribution in [1.29, 1.82) is 0 Å². The predicted octanol–water partition coefficient (Wildman–Crippen LogP) is 2.89. The van der Waals surface area contributed by atoms with Crippen LogP contribution in [-0.2, 0) is 0 Å². The van der Waals surface area contributed by atoms with Gasteiger partial charge in [0.15, 0.2) is 0 Å². The van der Waals surface area contributed by atoms with Crippen LogP contribution in [0.2, 0.25) is 0 Å². The molecule has 90 valence electrons. The van der Waals surface area contributed by atoms with Crippen molar-refractivity contribution in [3.8, 4) is 5.75 Å². The van der Waals surface area contributed by atoms with E-state index in [-0.39, 0.29) is 11.3 Å². The molecule has 0 spiro atoms. The third-order valence-electron chi connectivity index (χ3n) is 2.14. The number of hydrogen-bond acceptors (Lipinski definition) is 3. The minimum absolute atomic E-state index is 0.0000860. The molecule has 0 aromatic carbocycles. The first-order chi connectivity index (χ1) is 7.69. The van der Waals surface area contributed by atoms with Crippen LogP contribution >= 0.6 is 22.9 Å². The third-order valence-corrected chi connectivity index (χ3v) is 3.41. The van der Waals surface area contributed by atoms with Crippen molar-refractivity contribution in [3.63, 3.8) is 0 Å². The Morgan fingerprint density at radius 2 is 2.44 bits per heavy atom. The number of ether oxygens (including phenoxy) is 1. The van der Waals surface area contributed by atoms with Gasteiger partial charge in [-0.1, -0.05) is 13.3 Å². The highest BCUT2D eigenvalue weighted by atomic mass is 35.5. The number of carbonyl (C=O) groups excluding carboxylic acids is 1. The van der Waals surface area contributed by atoms with E-state index in [2.05, 4.69) is 12.2 Å². The Morgan fingerprint density at radius 1 is 1.69 bits per heavy atom. The van der Waals surface area contributed by atoms with Gasteiger partial charge in [-0.15, -0.1) is 22.9 Å². The van der Waals surface area contributed by atoms with Crippen LogP contribution in [-0.4, -0.2) is 24.9 Å². The first-order valence-electron chi connectivity index (χ1n) is 5.22. The molecule has 0 aliphatic carbocycles. The van der Waals surface area contributed by atoms with Gasteiger partial charge in [0.1, 0.15) is 10.6 Å². The van der Waals surface area contributed by atoms with Gasteiger partial charge in [0, 0.05) is 6.54 Å². The smallest absolute Gasteiger partial charge is 0.265 e. The molecule has 1 aromatic rings. The molecule has 1 rings (SSSR count). The molecule has 5 heteroatoms. The Balaban J connectivity index is 2.46. The standard InChI is InChI=1S/C11H16ClNO2S/c1-3-4-8(12)7-13-11(14)10-9(15-2)5-6-16-10/h5-6,8H,3-4,7H2,1-2H3,(H,13,14).